The minimum absolute atomic E-state index is 0.129. The number of H-pyrrole nitrogens is 1. The van der Waals surface area contributed by atoms with Crippen LogP contribution in [0.25, 0.3) is 10.2 Å². The number of methoxy groups -OCH3 is 1. The van der Waals surface area contributed by atoms with Gasteiger partial charge in [-0.25, -0.2) is 4.79 Å². The number of aromatic amines is 1. The van der Waals surface area contributed by atoms with Crippen molar-refractivity contribution in [1.29, 1.82) is 0 Å². The molecular formula is C20H20ClN3O4S. The smallest absolute Gasteiger partial charge is 0.393 e. The molecule has 0 saturated heterocycles. The Labute approximate surface area is 176 Å². The SMILES string of the molecule is COCCC(=O)N[C@@H]1c2ccccc2C[C@H]1NC(=O)Oc1cc2cc(Cl)sc2[nH]1. The quantitative estimate of drug-likeness (QED) is 0.551. The fourth-order valence-corrected chi connectivity index (χ4v) is 4.67. The van der Waals surface area contributed by atoms with E-state index in [1.807, 2.05) is 30.3 Å². The predicted octanol–water partition coefficient (Wildman–Crippen LogP) is 3.79. The molecule has 2 amide bonds. The Morgan fingerprint density at radius 3 is 2.90 bits per heavy atom. The van der Waals surface area contributed by atoms with E-state index in [0.717, 1.165) is 21.3 Å². The van der Waals surface area contributed by atoms with Gasteiger partial charge in [0, 0.05) is 25.0 Å². The molecule has 0 bridgehead atoms. The standard InChI is InChI=1S/C20H20ClN3O4S/c1-27-7-6-16(25)23-18-13-5-3-2-4-11(13)8-14(18)22-20(26)28-17-10-12-9-15(21)29-19(12)24-17/h2-5,9-10,14,18,24H,6-8H2,1H3,(H,22,26)(H,23,25)/t14-,18-/m1/s1. The molecule has 0 radical (unpaired) electrons. The summed E-state index contributed by atoms with van der Waals surface area (Å²) in [4.78, 5) is 28.6. The van der Waals surface area contributed by atoms with Crippen molar-refractivity contribution in [2.45, 2.75) is 24.9 Å². The Morgan fingerprint density at radius 2 is 2.10 bits per heavy atom. The van der Waals surface area contributed by atoms with Gasteiger partial charge in [-0.3, -0.25) is 4.79 Å². The third-order valence-corrected chi connectivity index (χ3v) is 6.04. The zero-order chi connectivity index (χ0) is 20.4. The Bertz CT molecular complexity index is 1020. The van der Waals surface area contributed by atoms with Crippen LogP contribution in [-0.2, 0) is 16.0 Å². The average molecular weight is 434 g/mol. The lowest BCUT2D eigenvalue weighted by molar-refractivity contribution is -0.122. The number of benzene rings is 1. The maximum Gasteiger partial charge on any atom is 0.414 e. The number of ether oxygens (including phenoxy) is 2. The predicted molar refractivity (Wildman–Crippen MR) is 112 cm³/mol. The fraction of sp³-hybridized carbons (Fsp3) is 0.300. The molecule has 3 N–H and O–H groups in total. The first-order valence-electron chi connectivity index (χ1n) is 9.16. The largest absolute Gasteiger partial charge is 0.414 e. The Kier molecular flexibility index (Phi) is 5.75. The highest BCUT2D eigenvalue weighted by molar-refractivity contribution is 7.22. The molecule has 0 unspecified atom stereocenters. The molecule has 7 nitrogen and oxygen atoms in total. The van der Waals surface area contributed by atoms with Gasteiger partial charge in [-0.2, -0.15) is 0 Å². The second-order valence-corrected chi connectivity index (χ2v) is 8.48. The molecular weight excluding hydrogens is 414 g/mol. The van der Waals surface area contributed by atoms with Gasteiger partial charge in [-0.05, 0) is 23.6 Å². The van der Waals surface area contributed by atoms with Gasteiger partial charge in [0.05, 0.1) is 23.0 Å². The number of hydrogen-bond acceptors (Lipinski definition) is 5. The van der Waals surface area contributed by atoms with Crippen molar-refractivity contribution in [3.8, 4) is 5.88 Å². The third kappa shape index (κ3) is 4.39. The lowest BCUT2D eigenvalue weighted by atomic mass is 10.1. The summed E-state index contributed by atoms with van der Waals surface area (Å²) in [5, 5.41) is 6.78. The number of aromatic nitrogens is 1. The lowest BCUT2D eigenvalue weighted by Gasteiger charge is -2.22. The van der Waals surface area contributed by atoms with Crippen molar-refractivity contribution in [3.63, 3.8) is 0 Å². The number of halogens is 1. The summed E-state index contributed by atoms with van der Waals surface area (Å²) < 4.78 is 11.0. The summed E-state index contributed by atoms with van der Waals surface area (Å²) >= 11 is 7.34. The number of fused-ring (bicyclic) bond motifs is 2. The summed E-state index contributed by atoms with van der Waals surface area (Å²) in [6.07, 6.45) is 0.281. The molecule has 3 aromatic rings. The van der Waals surface area contributed by atoms with E-state index < -0.39 is 6.09 Å². The first-order valence-corrected chi connectivity index (χ1v) is 10.4. The van der Waals surface area contributed by atoms with Crippen molar-refractivity contribution in [2.75, 3.05) is 13.7 Å². The van der Waals surface area contributed by atoms with Crippen LogP contribution in [0, 0.1) is 0 Å². The number of amides is 2. The average Bonchev–Trinajstić information content (AvgIpc) is 3.31. The van der Waals surface area contributed by atoms with Crippen LogP contribution >= 0.6 is 22.9 Å². The second kappa shape index (κ2) is 8.44. The molecule has 0 saturated carbocycles. The molecule has 152 valence electrons. The lowest BCUT2D eigenvalue weighted by Crippen LogP contribution is -2.45. The second-order valence-electron chi connectivity index (χ2n) is 6.80. The van der Waals surface area contributed by atoms with Crippen LogP contribution < -0.4 is 15.4 Å². The number of rotatable bonds is 6. The van der Waals surface area contributed by atoms with Crippen LogP contribution in [0.4, 0.5) is 4.79 Å². The minimum atomic E-state index is -0.584. The third-order valence-electron chi connectivity index (χ3n) is 4.84. The topological polar surface area (TPSA) is 92.5 Å². The van der Waals surface area contributed by atoms with E-state index in [0.29, 0.717) is 23.2 Å². The van der Waals surface area contributed by atoms with Crippen LogP contribution in [0.2, 0.25) is 4.34 Å². The van der Waals surface area contributed by atoms with Gasteiger partial charge in [0.15, 0.2) is 0 Å². The summed E-state index contributed by atoms with van der Waals surface area (Å²) in [5.41, 5.74) is 2.09. The van der Waals surface area contributed by atoms with Gasteiger partial charge in [-0.1, -0.05) is 35.9 Å². The Morgan fingerprint density at radius 1 is 1.28 bits per heavy atom. The zero-order valence-corrected chi connectivity index (χ0v) is 17.2. The zero-order valence-electron chi connectivity index (χ0n) is 15.7. The van der Waals surface area contributed by atoms with Crippen LogP contribution in [0.1, 0.15) is 23.6 Å². The van der Waals surface area contributed by atoms with Gasteiger partial charge in [-0.15, -0.1) is 11.3 Å². The van der Waals surface area contributed by atoms with Crippen molar-refractivity contribution in [1.82, 2.24) is 15.6 Å². The van der Waals surface area contributed by atoms with Gasteiger partial charge in [0.25, 0.3) is 0 Å². The Hall–Kier alpha value is -2.55. The molecule has 2 aromatic heterocycles. The normalized spacial score (nSPS) is 17.9. The summed E-state index contributed by atoms with van der Waals surface area (Å²) in [6, 6.07) is 10.7. The van der Waals surface area contributed by atoms with E-state index in [4.69, 9.17) is 21.1 Å². The maximum atomic E-state index is 12.5. The fourth-order valence-electron chi connectivity index (χ4n) is 3.55. The molecule has 2 heterocycles. The van der Waals surface area contributed by atoms with Gasteiger partial charge in [0.1, 0.15) is 4.83 Å². The molecule has 0 spiro atoms. The maximum absolute atomic E-state index is 12.5. The van der Waals surface area contributed by atoms with E-state index >= 15 is 0 Å². The van der Waals surface area contributed by atoms with Crippen LogP contribution in [0.3, 0.4) is 0 Å². The summed E-state index contributed by atoms with van der Waals surface area (Å²) in [5.74, 6) is 0.215. The summed E-state index contributed by atoms with van der Waals surface area (Å²) in [6.45, 7) is 0.342. The van der Waals surface area contributed by atoms with E-state index in [9.17, 15) is 9.59 Å². The van der Waals surface area contributed by atoms with Gasteiger partial charge >= 0.3 is 6.09 Å². The molecule has 29 heavy (non-hydrogen) atoms. The molecule has 0 aliphatic heterocycles. The highest BCUT2D eigenvalue weighted by Crippen LogP contribution is 2.33. The highest BCUT2D eigenvalue weighted by atomic mass is 35.5. The monoisotopic (exact) mass is 433 g/mol. The molecule has 4 rings (SSSR count). The number of carbonyl (C=O) groups is 2. The van der Waals surface area contributed by atoms with Gasteiger partial charge in [0.2, 0.25) is 11.8 Å². The van der Waals surface area contributed by atoms with Crippen molar-refractivity contribution < 1.29 is 19.1 Å². The van der Waals surface area contributed by atoms with E-state index in [1.165, 1.54) is 11.3 Å². The minimum Gasteiger partial charge on any atom is -0.393 e. The first-order chi connectivity index (χ1) is 14.0. The van der Waals surface area contributed by atoms with Crippen LogP contribution in [0.5, 0.6) is 5.88 Å². The van der Waals surface area contributed by atoms with Crippen LogP contribution in [0.15, 0.2) is 36.4 Å². The van der Waals surface area contributed by atoms with E-state index in [-0.39, 0.29) is 24.4 Å². The van der Waals surface area contributed by atoms with Crippen molar-refractivity contribution in [3.05, 3.63) is 51.9 Å². The number of hydrogen-bond donors (Lipinski definition) is 3. The molecule has 0 fully saturated rings. The van der Waals surface area contributed by atoms with Crippen LogP contribution in [-0.4, -0.2) is 36.7 Å². The molecule has 1 aromatic carbocycles. The van der Waals surface area contributed by atoms with Crippen molar-refractivity contribution >= 4 is 45.2 Å². The molecule has 2 atom stereocenters. The Balaban J connectivity index is 1.44. The van der Waals surface area contributed by atoms with Gasteiger partial charge < -0.3 is 25.1 Å². The molecule has 1 aliphatic rings. The number of carbonyl (C=O) groups excluding carboxylic acids is 2. The molecule has 1 aliphatic carbocycles. The number of thiophene rings is 1. The van der Waals surface area contributed by atoms with E-state index in [2.05, 4.69) is 15.6 Å². The number of nitrogens with one attached hydrogen (secondary N) is 3. The van der Waals surface area contributed by atoms with Crippen molar-refractivity contribution in [2.24, 2.45) is 0 Å². The van der Waals surface area contributed by atoms with E-state index in [1.54, 1.807) is 13.2 Å². The first kappa shape index (κ1) is 19.8. The highest BCUT2D eigenvalue weighted by Gasteiger charge is 2.34. The summed E-state index contributed by atoms with van der Waals surface area (Å²) in [7, 11) is 1.55. The molecule has 9 heteroatoms.